The van der Waals surface area contributed by atoms with E-state index in [9.17, 15) is 13.6 Å². The Hall–Kier alpha value is -2.02. The maximum Gasteiger partial charge on any atom is 0.320 e. The second kappa shape index (κ2) is 5.40. The molecule has 0 amide bonds. The van der Waals surface area contributed by atoms with E-state index in [1.165, 1.54) is 0 Å². The number of halogens is 2. The highest BCUT2D eigenvalue weighted by molar-refractivity contribution is 5.76. The van der Waals surface area contributed by atoms with Crippen LogP contribution in [0.2, 0.25) is 0 Å². The number of hydrogen-bond acceptors (Lipinski definition) is 3. The van der Waals surface area contributed by atoms with Crippen molar-refractivity contribution >= 4 is 17.0 Å². The van der Waals surface area contributed by atoms with Crippen LogP contribution in [0.15, 0.2) is 24.3 Å². The maximum absolute atomic E-state index is 13.3. The van der Waals surface area contributed by atoms with E-state index in [1.807, 2.05) is 0 Å². The van der Waals surface area contributed by atoms with Crippen LogP contribution in [0.5, 0.6) is 0 Å². The molecule has 1 saturated heterocycles. The van der Waals surface area contributed by atoms with Gasteiger partial charge in [0.15, 0.2) is 0 Å². The van der Waals surface area contributed by atoms with Gasteiger partial charge in [0.1, 0.15) is 11.9 Å². The number of alkyl halides is 2. The van der Waals surface area contributed by atoms with Gasteiger partial charge in [-0.2, -0.15) is 8.78 Å². The van der Waals surface area contributed by atoms with E-state index < -0.39 is 18.6 Å². The lowest BCUT2D eigenvalue weighted by Gasteiger charge is -2.21. The topological polar surface area (TPSA) is 58.4 Å². The number of aromatic nitrogens is 2. The van der Waals surface area contributed by atoms with Crippen LogP contribution in [-0.2, 0) is 11.3 Å². The fraction of sp³-hybridized carbons (Fsp3) is 0.429. The van der Waals surface area contributed by atoms with Crippen LogP contribution in [0, 0.1) is 0 Å². The van der Waals surface area contributed by atoms with Gasteiger partial charge in [0.25, 0.3) is 0 Å². The van der Waals surface area contributed by atoms with Crippen LogP contribution in [0.4, 0.5) is 8.78 Å². The molecule has 1 fully saturated rings. The van der Waals surface area contributed by atoms with Crippen LogP contribution in [-0.4, -0.2) is 38.1 Å². The smallest absolute Gasteiger partial charge is 0.320 e. The lowest BCUT2D eigenvalue weighted by Crippen LogP contribution is -2.36. The van der Waals surface area contributed by atoms with Crippen molar-refractivity contribution in [1.29, 1.82) is 0 Å². The SMILES string of the molecule is O=C(O)C1CCCN1Cc1nc2ccccc2n1C(F)F. The van der Waals surface area contributed by atoms with Gasteiger partial charge >= 0.3 is 12.5 Å². The summed E-state index contributed by atoms with van der Waals surface area (Å²) in [5, 5.41) is 9.16. The number of aliphatic carboxylic acids is 1. The van der Waals surface area contributed by atoms with Gasteiger partial charge in [-0.05, 0) is 31.5 Å². The Bertz CT molecular complexity index is 671. The number of rotatable bonds is 4. The molecule has 112 valence electrons. The van der Waals surface area contributed by atoms with Crippen LogP contribution >= 0.6 is 0 Å². The molecule has 7 heteroatoms. The average molecular weight is 295 g/mol. The number of benzene rings is 1. The van der Waals surface area contributed by atoms with E-state index in [0.717, 1.165) is 11.0 Å². The molecule has 1 aromatic carbocycles. The maximum atomic E-state index is 13.3. The molecule has 0 spiro atoms. The van der Waals surface area contributed by atoms with Crippen molar-refractivity contribution in [1.82, 2.24) is 14.5 Å². The van der Waals surface area contributed by atoms with Crippen molar-refractivity contribution in [2.24, 2.45) is 0 Å². The Labute approximate surface area is 119 Å². The summed E-state index contributed by atoms with van der Waals surface area (Å²) in [6.07, 6.45) is 1.30. The Kier molecular flexibility index (Phi) is 3.59. The molecule has 1 aliphatic rings. The third kappa shape index (κ3) is 2.49. The quantitative estimate of drug-likeness (QED) is 0.941. The number of fused-ring (bicyclic) bond motifs is 1. The largest absolute Gasteiger partial charge is 0.480 e. The van der Waals surface area contributed by atoms with Crippen molar-refractivity contribution in [3.8, 4) is 0 Å². The Morgan fingerprint density at radius 1 is 1.43 bits per heavy atom. The summed E-state index contributed by atoms with van der Waals surface area (Å²) in [4.78, 5) is 17.1. The summed E-state index contributed by atoms with van der Waals surface area (Å²) in [7, 11) is 0. The fourth-order valence-corrected chi connectivity index (χ4v) is 2.90. The van der Waals surface area contributed by atoms with Gasteiger partial charge in [-0.15, -0.1) is 0 Å². The molecule has 0 bridgehead atoms. The molecule has 1 aromatic heterocycles. The zero-order chi connectivity index (χ0) is 15.0. The van der Waals surface area contributed by atoms with E-state index in [4.69, 9.17) is 5.11 Å². The summed E-state index contributed by atoms with van der Waals surface area (Å²) in [5.74, 6) is -0.702. The van der Waals surface area contributed by atoms with Gasteiger partial charge in [-0.3, -0.25) is 14.3 Å². The van der Waals surface area contributed by atoms with Gasteiger partial charge in [-0.25, -0.2) is 4.98 Å². The van der Waals surface area contributed by atoms with Gasteiger partial charge in [0.2, 0.25) is 0 Å². The first kappa shape index (κ1) is 13.9. The molecule has 21 heavy (non-hydrogen) atoms. The van der Waals surface area contributed by atoms with E-state index in [0.29, 0.717) is 24.0 Å². The number of hydrogen-bond donors (Lipinski definition) is 1. The van der Waals surface area contributed by atoms with Crippen molar-refractivity contribution in [2.75, 3.05) is 6.54 Å². The van der Waals surface area contributed by atoms with Gasteiger partial charge in [0.05, 0.1) is 17.6 Å². The number of likely N-dealkylation sites (tertiary alicyclic amines) is 1. The molecule has 1 atom stereocenters. The first-order chi connectivity index (χ1) is 10.1. The molecule has 5 nitrogen and oxygen atoms in total. The number of imidazole rings is 1. The van der Waals surface area contributed by atoms with E-state index in [1.54, 1.807) is 29.2 Å². The van der Waals surface area contributed by atoms with Crippen molar-refractivity contribution < 1.29 is 18.7 Å². The molecule has 1 unspecified atom stereocenters. The molecule has 2 aromatic rings. The predicted octanol–water partition coefficient (Wildman–Crippen LogP) is 2.48. The zero-order valence-electron chi connectivity index (χ0n) is 11.2. The number of carboxylic acids is 1. The summed E-state index contributed by atoms with van der Waals surface area (Å²) >= 11 is 0. The number of nitrogens with zero attached hydrogens (tertiary/aromatic N) is 3. The normalized spacial score (nSPS) is 19.7. The zero-order valence-corrected chi connectivity index (χ0v) is 11.2. The average Bonchev–Trinajstić information content (AvgIpc) is 3.02. The van der Waals surface area contributed by atoms with Crippen molar-refractivity contribution in [3.63, 3.8) is 0 Å². The van der Waals surface area contributed by atoms with Gasteiger partial charge < -0.3 is 5.11 Å². The highest BCUT2D eigenvalue weighted by atomic mass is 19.3. The van der Waals surface area contributed by atoms with E-state index in [-0.39, 0.29) is 12.4 Å². The number of carboxylic acid groups (broad SMARTS) is 1. The molecule has 2 heterocycles. The number of para-hydroxylation sites is 2. The van der Waals surface area contributed by atoms with Crippen LogP contribution < -0.4 is 0 Å². The summed E-state index contributed by atoms with van der Waals surface area (Å²) in [5.41, 5.74) is 0.868. The van der Waals surface area contributed by atoms with Gasteiger partial charge in [-0.1, -0.05) is 12.1 Å². The Balaban J connectivity index is 1.96. The minimum Gasteiger partial charge on any atom is -0.480 e. The summed E-state index contributed by atoms with van der Waals surface area (Å²) < 4.78 is 27.5. The molecule has 0 saturated carbocycles. The first-order valence-corrected chi connectivity index (χ1v) is 6.79. The molecule has 1 N–H and O–H groups in total. The Morgan fingerprint density at radius 3 is 2.90 bits per heavy atom. The fourth-order valence-electron chi connectivity index (χ4n) is 2.90. The van der Waals surface area contributed by atoms with Crippen LogP contribution in [0.3, 0.4) is 0 Å². The lowest BCUT2D eigenvalue weighted by molar-refractivity contribution is -0.142. The third-order valence-electron chi connectivity index (χ3n) is 3.86. The summed E-state index contributed by atoms with van der Waals surface area (Å²) in [6, 6.07) is 6.08. The minimum atomic E-state index is -2.70. The monoisotopic (exact) mass is 295 g/mol. The first-order valence-electron chi connectivity index (χ1n) is 6.79. The van der Waals surface area contributed by atoms with E-state index >= 15 is 0 Å². The lowest BCUT2D eigenvalue weighted by atomic mass is 10.2. The minimum absolute atomic E-state index is 0.121. The standard InChI is InChI=1S/C14H15F2N3O2/c15-14(16)19-10-5-2-1-4-9(10)17-12(19)8-18-7-3-6-11(18)13(20)21/h1-2,4-5,11,14H,3,6-8H2,(H,20,21). The predicted molar refractivity (Wildman–Crippen MR) is 72.1 cm³/mol. The van der Waals surface area contributed by atoms with E-state index in [2.05, 4.69) is 4.98 Å². The van der Waals surface area contributed by atoms with Gasteiger partial charge in [0, 0.05) is 0 Å². The molecule has 1 aliphatic heterocycles. The molecule has 0 radical (unpaired) electrons. The Morgan fingerprint density at radius 2 is 2.19 bits per heavy atom. The second-order valence-electron chi connectivity index (χ2n) is 5.13. The van der Waals surface area contributed by atoms with Crippen LogP contribution in [0.1, 0.15) is 25.2 Å². The van der Waals surface area contributed by atoms with Crippen LogP contribution in [0.25, 0.3) is 11.0 Å². The second-order valence-corrected chi connectivity index (χ2v) is 5.13. The molecule has 0 aliphatic carbocycles. The van der Waals surface area contributed by atoms with Crippen molar-refractivity contribution in [3.05, 3.63) is 30.1 Å². The highest BCUT2D eigenvalue weighted by Gasteiger charge is 2.32. The molecular formula is C14H15F2N3O2. The van der Waals surface area contributed by atoms with Crippen molar-refractivity contribution in [2.45, 2.75) is 32.0 Å². The number of carbonyl (C=O) groups is 1. The molecule has 3 rings (SSSR count). The third-order valence-corrected chi connectivity index (χ3v) is 3.86. The highest BCUT2D eigenvalue weighted by Crippen LogP contribution is 2.26. The molecular weight excluding hydrogens is 280 g/mol. The summed E-state index contributed by atoms with van der Waals surface area (Å²) in [6.45, 7) is -1.99.